The number of imidazole rings is 1. The second-order valence-electron chi connectivity index (χ2n) is 3.79. The highest BCUT2D eigenvalue weighted by Gasteiger charge is 2.41. The van der Waals surface area contributed by atoms with E-state index in [4.69, 9.17) is 4.74 Å². The van der Waals surface area contributed by atoms with Crippen molar-refractivity contribution in [3.8, 4) is 0 Å². The quantitative estimate of drug-likeness (QED) is 0.597. The average Bonchev–Trinajstić information content (AvgIpc) is 2.74. The topological polar surface area (TPSA) is 49.9 Å². The molecule has 1 fully saturated rings. The second kappa shape index (κ2) is 2.56. The van der Waals surface area contributed by atoms with Crippen LogP contribution in [0.2, 0.25) is 0 Å². The van der Waals surface area contributed by atoms with Crippen LogP contribution in [0.3, 0.4) is 0 Å². The lowest BCUT2D eigenvalue weighted by atomic mass is 9.89. The summed E-state index contributed by atoms with van der Waals surface area (Å²) in [6.45, 7) is 2.64. The van der Waals surface area contributed by atoms with Crippen molar-refractivity contribution in [3.63, 3.8) is 0 Å². The van der Waals surface area contributed by atoms with Gasteiger partial charge < -0.3 is 15.0 Å². The van der Waals surface area contributed by atoms with Gasteiger partial charge in [0.2, 0.25) is 0 Å². The van der Waals surface area contributed by atoms with E-state index in [1.807, 2.05) is 0 Å². The third-order valence-electron chi connectivity index (χ3n) is 3.03. The molecule has 1 aromatic rings. The van der Waals surface area contributed by atoms with Crippen molar-refractivity contribution < 1.29 is 4.74 Å². The number of nitrogens with one attached hydrogen (secondary N) is 2. The van der Waals surface area contributed by atoms with Gasteiger partial charge in [0.25, 0.3) is 0 Å². The summed E-state index contributed by atoms with van der Waals surface area (Å²) in [6.07, 6.45) is 3.89. The number of fused-ring (bicyclic) bond motifs is 2. The first-order valence-electron chi connectivity index (χ1n) is 4.76. The lowest BCUT2D eigenvalue weighted by Gasteiger charge is -2.32. The van der Waals surface area contributed by atoms with E-state index in [0.717, 1.165) is 32.6 Å². The molecule has 2 aliphatic rings. The molecule has 3 heterocycles. The van der Waals surface area contributed by atoms with Crippen LogP contribution in [0.25, 0.3) is 0 Å². The second-order valence-corrected chi connectivity index (χ2v) is 3.79. The molecule has 1 spiro atoms. The number of hydrogen-bond acceptors (Lipinski definition) is 3. The predicted molar refractivity (Wildman–Crippen MR) is 47.4 cm³/mol. The van der Waals surface area contributed by atoms with Crippen molar-refractivity contribution in [3.05, 3.63) is 17.7 Å². The Balaban J connectivity index is 2.08. The standard InChI is InChI=1S/C9H13N3O/c1-3-12-9(2-4-13-5-9)8-7(1)10-6-11-8/h6,12H,1-5H2,(H,10,11). The van der Waals surface area contributed by atoms with Crippen LogP contribution < -0.4 is 5.32 Å². The van der Waals surface area contributed by atoms with Gasteiger partial charge in [0.15, 0.2) is 0 Å². The van der Waals surface area contributed by atoms with Crippen LogP contribution in [0.4, 0.5) is 0 Å². The molecule has 13 heavy (non-hydrogen) atoms. The minimum absolute atomic E-state index is 0.0214. The third-order valence-corrected chi connectivity index (χ3v) is 3.03. The molecule has 0 aliphatic carbocycles. The molecule has 2 aliphatic heterocycles. The fraction of sp³-hybridized carbons (Fsp3) is 0.667. The zero-order valence-electron chi connectivity index (χ0n) is 7.47. The molecule has 4 heteroatoms. The molecule has 1 aromatic heterocycles. The Hall–Kier alpha value is -0.870. The van der Waals surface area contributed by atoms with Crippen LogP contribution >= 0.6 is 0 Å². The van der Waals surface area contributed by atoms with Crippen molar-refractivity contribution in [2.75, 3.05) is 19.8 Å². The summed E-state index contributed by atoms with van der Waals surface area (Å²) in [5.41, 5.74) is 2.48. The number of rotatable bonds is 0. The Kier molecular flexibility index (Phi) is 1.48. The molecular weight excluding hydrogens is 166 g/mol. The SMILES string of the molecule is c1nc2c([nH]1)CCNC21CCOC1. The number of aromatic nitrogens is 2. The monoisotopic (exact) mass is 179 g/mol. The summed E-state index contributed by atoms with van der Waals surface area (Å²) in [4.78, 5) is 7.60. The molecule has 1 saturated heterocycles. The zero-order chi connectivity index (χ0) is 8.73. The fourth-order valence-electron chi connectivity index (χ4n) is 2.33. The normalized spacial score (nSPS) is 32.3. The van der Waals surface area contributed by atoms with E-state index in [0.29, 0.717) is 0 Å². The van der Waals surface area contributed by atoms with Crippen molar-refractivity contribution >= 4 is 0 Å². The maximum Gasteiger partial charge on any atom is 0.0926 e. The summed E-state index contributed by atoms with van der Waals surface area (Å²) in [7, 11) is 0. The van der Waals surface area contributed by atoms with Crippen LogP contribution in [-0.2, 0) is 16.7 Å². The van der Waals surface area contributed by atoms with E-state index in [2.05, 4.69) is 15.3 Å². The smallest absolute Gasteiger partial charge is 0.0926 e. The number of H-pyrrole nitrogens is 1. The van der Waals surface area contributed by atoms with Crippen LogP contribution in [0.5, 0.6) is 0 Å². The average molecular weight is 179 g/mol. The summed E-state index contributed by atoms with van der Waals surface area (Å²) in [5, 5.41) is 3.53. The van der Waals surface area contributed by atoms with Gasteiger partial charge in [-0.1, -0.05) is 0 Å². The largest absolute Gasteiger partial charge is 0.379 e. The number of aromatic amines is 1. The Morgan fingerprint density at radius 2 is 2.54 bits per heavy atom. The first kappa shape index (κ1) is 7.53. The molecule has 0 amide bonds. The molecule has 70 valence electrons. The molecule has 2 N–H and O–H groups in total. The van der Waals surface area contributed by atoms with Gasteiger partial charge in [-0.15, -0.1) is 0 Å². The molecular formula is C9H13N3O. The van der Waals surface area contributed by atoms with Gasteiger partial charge >= 0.3 is 0 Å². The van der Waals surface area contributed by atoms with E-state index < -0.39 is 0 Å². The molecule has 1 atom stereocenters. The Morgan fingerprint density at radius 1 is 1.54 bits per heavy atom. The Bertz CT molecular complexity index is 314. The Labute approximate surface area is 76.7 Å². The number of hydrogen-bond donors (Lipinski definition) is 2. The lowest BCUT2D eigenvalue weighted by Crippen LogP contribution is -2.48. The van der Waals surface area contributed by atoms with Crippen LogP contribution in [0.15, 0.2) is 6.33 Å². The van der Waals surface area contributed by atoms with E-state index in [-0.39, 0.29) is 5.54 Å². The van der Waals surface area contributed by atoms with Gasteiger partial charge in [0, 0.05) is 25.3 Å². The van der Waals surface area contributed by atoms with Crippen LogP contribution in [0, 0.1) is 0 Å². The number of nitrogens with zero attached hydrogens (tertiary/aromatic N) is 1. The maximum absolute atomic E-state index is 5.45. The highest BCUT2D eigenvalue weighted by atomic mass is 16.5. The van der Waals surface area contributed by atoms with E-state index in [1.54, 1.807) is 6.33 Å². The predicted octanol–water partition coefficient (Wildman–Crippen LogP) is 0.171. The van der Waals surface area contributed by atoms with Gasteiger partial charge in [-0.05, 0) is 6.42 Å². The zero-order valence-corrected chi connectivity index (χ0v) is 7.47. The van der Waals surface area contributed by atoms with Crippen LogP contribution in [0.1, 0.15) is 17.8 Å². The van der Waals surface area contributed by atoms with Crippen molar-refractivity contribution in [2.24, 2.45) is 0 Å². The Morgan fingerprint density at radius 3 is 3.38 bits per heavy atom. The molecule has 3 rings (SSSR count). The molecule has 0 radical (unpaired) electrons. The highest BCUT2D eigenvalue weighted by Crippen LogP contribution is 2.33. The summed E-state index contributed by atoms with van der Waals surface area (Å²) in [5.74, 6) is 0. The fourth-order valence-corrected chi connectivity index (χ4v) is 2.33. The van der Waals surface area contributed by atoms with Gasteiger partial charge in [-0.25, -0.2) is 4.98 Å². The first-order valence-corrected chi connectivity index (χ1v) is 4.76. The lowest BCUT2D eigenvalue weighted by molar-refractivity contribution is 0.162. The van der Waals surface area contributed by atoms with Crippen molar-refractivity contribution in [2.45, 2.75) is 18.4 Å². The van der Waals surface area contributed by atoms with Crippen molar-refractivity contribution in [1.29, 1.82) is 0 Å². The first-order chi connectivity index (χ1) is 6.41. The molecule has 4 nitrogen and oxygen atoms in total. The van der Waals surface area contributed by atoms with Crippen LogP contribution in [-0.4, -0.2) is 29.7 Å². The maximum atomic E-state index is 5.45. The molecule has 0 aromatic carbocycles. The molecule has 0 saturated carbocycles. The minimum atomic E-state index is 0.0214. The van der Waals surface area contributed by atoms with E-state index in [1.165, 1.54) is 11.4 Å². The van der Waals surface area contributed by atoms with Gasteiger partial charge in [0.1, 0.15) is 0 Å². The summed E-state index contributed by atoms with van der Waals surface area (Å²) in [6, 6.07) is 0. The van der Waals surface area contributed by atoms with E-state index in [9.17, 15) is 0 Å². The van der Waals surface area contributed by atoms with Gasteiger partial charge in [-0.3, -0.25) is 0 Å². The summed E-state index contributed by atoms with van der Waals surface area (Å²) >= 11 is 0. The molecule has 0 bridgehead atoms. The highest BCUT2D eigenvalue weighted by molar-refractivity contribution is 5.26. The number of ether oxygens (including phenoxy) is 1. The third kappa shape index (κ3) is 0.957. The van der Waals surface area contributed by atoms with Gasteiger partial charge in [0.05, 0.1) is 24.2 Å². The summed E-state index contributed by atoms with van der Waals surface area (Å²) < 4.78 is 5.45. The molecule has 1 unspecified atom stereocenters. The minimum Gasteiger partial charge on any atom is -0.379 e. The van der Waals surface area contributed by atoms with E-state index >= 15 is 0 Å². The van der Waals surface area contributed by atoms with Crippen molar-refractivity contribution in [1.82, 2.24) is 15.3 Å². The van der Waals surface area contributed by atoms with Gasteiger partial charge in [-0.2, -0.15) is 0 Å².